The molecule has 0 aliphatic heterocycles. The van der Waals surface area contributed by atoms with E-state index in [1.54, 1.807) is 17.5 Å². The second kappa shape index (κ2) is 6.86. The average molecular weight is 320 g/mol. The van der Waals surface area contributed by atoms with Crippen LogP contribution in [0.1, 0.15) is 0 Å². The van der Waals surface area contributed by atoms with Crippen LogP contribution in [0.2, 0.25) is 0 Å². The Balaban J connectivity index is 1.79. The molecular weight excluding hydrogens is 308 g/mol. The summed E-state index contributed by atoms with van der Waals surface area (Å²) in [6, 6.07) is 5.90. The van der Waals surface area contributed by atoms with Crippen molar-refractivity contribution in [2.45, 2.75) is 6.18 Å². The van der Waals surface area contributed by atoms with Crippen molar-refractivity contribution in [1.82, 2.24) is 4.98 Å². The smallest absolute Gasteiger partial charge is 0.370 e. The van der Waals surface area contributed by atoms with Crippen LogP contribution in [-0.2, 0) is 4.74 Å². The quantitative estimate of drug-likeness (QED) is 0.646. The van der Waals surface area contributed by atoms with Crippen molar-refractivity contribution in [2.75, 3.05) is 25.1 Å². The van der Waals surface area contributed by atoms with E-state index in [2.05, 4.69) is 15.0 Å². The Morgan fingerprint density at radius 1 is 1.19 bits per heavy atom. The molecule has 2 aromatic rings. The molecule has 0 spiro atoms. The Hall–Kier alpha value is -1.67. The summed E-state index contributed by atoms with van der Waals surface area (Å²) >= 11 is 1.32. The molecule has 0 radical (unpaired) electrons. The lowest BCUT2D eigenvalue weighted by atomic mass is 10.2. The third-order valence-corrected chi connectivity index (χ3v) is 3.23. The van der Waals surface area contributed by atoms with E-state index in [4.69, 9.17) is 0 Å². The highest BCUT2D eigenvalue weighted by Crippen LogP contribution is 2.24. The minimum absolute atomic E-state index is 0.0645. The summed E-state index contributed by atoms with van der Waals surface area (Å²) in [6.07, 6.45) is -4.31. The molecule has 0 saturated carbocycles. The molecular formula is C13H12F4N2OS. The van der Waals surface area contributed by atoms with Gasteiger partial charge in [-0.25, -0.2) is 9.37 Å². The number of ether oxygens (including phenoxy) is 1. The molecule has 0 aliphatic rings. The summed E-state index contributed by atoms with van der Waals surface area (Å²) in [6.45, 7) is -1.09. The first-order valence-electron chi connectivity index (χ1n) is 6.04. The van der Waals surface area contributed by atoms with Gasteiger partial charge < -0.3 is 10.1 Å². The van der Waals surface area contributed by atoms with Crippen LogP contribution in [0.5, 0.6) is 0 Å². The molecule has 0 bridgehead atoms. The minimum atomic E-state index is -4.31. The van der Waals surface area contributed by atoms with E-state index in [-0.39, 0.29) is 19.0 Å². The van der Waals surface area contributed by atoms with Gasteiger partial charge in [0.2, 0.25) is 0 Å². The van der Waals surface area contributed by atoms with Gasteiger partial charge in [0, 0.05) is 17.5 Å². The van der Waals surface area contributed by atoms with E-state index in [9.17, 15) is 17.6 Å². The molecule has 114 valence electrons. The number of hydrogen-bond acceptors (Lipinski definition) is 4. The Morgan fingerprint density at radius 3 is 2.57 bits per heavy atom. The Kier molecular flexibility index (Phi) is 5.13. The third-order valence-electron chi connectivity index (χ3n) is 2.43. The molecule has 0 aliphatic carbocycles. The number of alkyl halides is 3. The van der Waals surface area contributed by atoms with Crippen molar-refractivity contribution >= 4 is 16.5 Å². The summed E-state index contributed by atoms with van der Waals surface area (Å²) in [5.74, 6) is -0.325. The topological polar surface area (TPSA) is 34.1 Å². The standard InChI is InChI=1S/C13H12F4N2OS/c14-10-3-1-9(2-4-10)11-7-21-12(19-11)18-5-6-20-8-13(15,16)17/h1-4,7H,5-6,8H2,(H,18,19). The summed E-state index contributed by atoms with van der Waals surface area (Å²) in [7, 11) is 0. The molecule has 1 aromatic heterocycles. The molecule has 2 rings (SSSR count). The molecule has 3 nitrogen and oxygen atoms in total. The third kappa shape index (κ3) is 5.31. The number of hydrogen-bond donors (Lipinski definition) is 1. The molecule has 0 atom stereocenters. The Bertz CT molecular complexity index is 568. The molecule has 8 heteroatoms. The zero-order valence-corrected chi connectivity index (χ0v) is 11.6. The van der Waals surface area contributed by atoms with Crippen LogP contribution in [0.3, 0.4) is 0 Å². The predicted molar refractivity (Wildman–Crippen MR) is 72.9 cm³/mol. The summed E-state index contributed by atoms with van der Waals surface area (Å²) < 4.78 is 52.8. The molecule has 21 heavy (non-hydrogen) atoms. The number of aromatic nitrogens is 1. The van der Waals surface area contributed by atoms with Crippen LogP contribution < -0.4 is 5.32 Å². The van der Waals surface area contributed by atoms with Gasteiger partial charge in [0.15, 0.2) is 5.13 Å². The zero-order valence-electron chi connectivity index (χ0n) is 10.8. The number of anilines is 1. The average Bonchev–Trinajstić information content (AvgIpc) is 2.87. The van der Waals surface area contributed by atoms with Crippen molar-refractivity contribution in [3.05, 3.63) is 35.5 Å². The summed E-state index contributed by atoms with van der Waals surface area (Å²) in [5.41, 5.74) is 1.45. The van der Waals surface area contributed by atoms with Crippen LogP contribution in [-0.4, -0.2) is 30.9 Å². The lowest BCUT2D eigenvalue weighted by Crippen LogP contribution is -2.20. The van der Waals surface area contributed by atoms with Crippen LogP contribution >= 0.6 is 11.3 Å². The van der Waals surface area contributed by atoms with Crippen LogP contribution in [0.15, 0.2) is 29.6 Å². The first-order valence-corrected chi connectivity index (χ1v) is 6.92. The molecule has 0 amide bonds. The fourth-order valence-electron chi connectivity index (χ4n) is 1.53. The van der Waals surface area contributed by atoms with E-state index < -0.39 is 12.8 Å². The van der Waals surface area contributed by atoms with Gasteiger partial charge in [-0.15, -0.1) is 11.3 Å². The first-order chi connectivity index (χ1) is 9.94. The minimum Gasteiger partial charge on any atom is -0.370 e. The van der Waals surface area contributed by atoms with Gasteiger partial charge in [-0.3, -0.25) is 0 Å². The second-order valence-electron chi connectivity index (χ2n) is 4.14. The van der Waals surface area contributed by atoms with Crippen molar-refractivity contribution in [1.29, 1.82) is 0 Å². The molecule has 0 unspecified atom stereocenters. The van der Waals surface area contributed by atoms with Crippen LogP contribution in [0.4, 0.5) is 22.7 Å². The van der Waals surface area contributed by atoms with Gasteiger partial charge in [-0.2, -0.15) is 13.2 Å². The van der Waals surface area contributed by atoms with Crippen LogP contribution in [0, 0.1) is 5.82 Å². The van der Waals surface area contributed by atoms with E-state index in [0.29, 0.717) is 10.8 Å². The first kappa shape index (κ1) is 15.7. The summed E-state index contributed by atoms with van der Waals surface area (Å²) in [5, 5.41) is 5.23. The number of benzene rings is 1. The molecule has 1 N–H and O–H groups in total. The van der Waals surface area contributed by atoms with Crippen molar-refractivity contribution in [3.8, 4) is 11.3 Å². The van der Waals surface area contributed by atoms with Gasteiger partial charge in [0.1, 0.15) is 12.4 Å². The fraction of sp³-hybridized carbons (Fsp3) is 0.308. The normalized spacial score (nSPS) is 11.6. The lowest BCUT2D eigenvalue weighted by molar-refractivity contribution is -0.172. The van der Waals surface area contributed by atoms with Gasteiger partial charge in [-0.05, 0) is 24.3 Å². The van der Waals surface area contributed by atoms with E-state index in [1.807, 2.05) is 0 Å². The maximum Gasteiger partial charge on any atom is 0.411 e. The number of thiazole rings is 1. The lowest BCUT2D eigenvalue weighted by Gasteiger charge is -2.07. The van der Waals surface area contributed by atoms with Gasteiger partial charge in [-0.1, -0.05) is 0 Å². The SMILES string of the molecule is Fc1ccc(-c2csc(NCCOCC(F)(F)F)n2)cc1. The van der Waals surface area contributed by atoms with Gasteiger partial charge in [0.25, 0.3) is 0 Å². The largest absolute Gasteiger partial charge is 0.411 e. The van der Waals surface area contributed by atoms with Gasteiger partial charge in [0.05, 0.1) is 12.3 Å². The maximum absolute atomic E-state index is 12.8. The predicted octanol–water partition coefficient (Wildman–Crippen LogP) is 3.94. The number of rotatable bonds is 6. The van der Waals surface area contributed by atoms with Crippen LogP contribution in [0.25, 0.3) is 11.3 Å². The van der Waals surface area contributed by atoms with E-state index in [0.717, 1.165) is 5.56 Å². The molecule has 0 fully saturated rings. The van der Waals surface area contributed by atoms with Gasteiger partial charge >= 0.3 is 6.18 Å². The highest BCUT2D eigenvalue weighted by Gasteiger charge is 2.27. The van der Waals surface area contributed by atoms with E-state index >= 15 is 0 Å². The number of nitrogens with zero attached hydrogens (tertiary/aromatic N) is 1. The highest BCUT2D eigenvalue weighted by atomic mass is 32.1. The molecule has 0 saturated heterocycles. The number of halogens is 4. The van der Waals surface area contributed by atoms with Crippen molar-refractivity contribution < 1.29 is 22.3 Å². The highest BCUT2D eigenvalue weighted by molar-refractivity contribution is 7.14. The zero-order chi connectivity index (χ0) is 15.3. The molecule has 1 aromatic carbocycles. The second-order valence-corrected chi connectivity index (χ2v) is 5.00. The molecule has 1 heterocycles. The fourth-order valence-corrected chi connectivity index (χ4v) is 2.27. The van der Waals surface area contributed by atoms with Crippen molar-refractivity contribution in [2.24, 2.45) is 0 Å². The Labute approximate surface area is 122 Å². The van der Waals surface area contributed by atoms with Crippen molar-refractivity contribution in [3.63, 3.8) is 0 Å². The monoisotopic (exact) mass is 320 g/mol. The van der Waals surface area contributed by atoms with E-state index in [1.165, 1.54) is 23.5 Å². The Morgan fingerprint density at radius 2 is 1.90 bits per heavy atom. The summed E-state index contributed by atoms with van der Waals surface area (Å²) in [4.78, 5) is 4.26. The number of nitrogens with one attached hydrogen (secondary N) is 1. The maximum atomic E-state index is 12.8.